The second-order valence-electron chi connectivity index (χ2n) is 7.37. The van der Waals surface area contributed by atoms with Crippen molar-refractivity contribution >= 4 is 5.82 Å². The number of nitrogens with one attached hydrogen (secondary N) is 1. The van der Waals surface area contributed by atoms with Crippen molar-refractivity contribution in [2.45, 2.75) is 52.6 Å². The second kappa shape index (κ2) is 7.22. The lowest BCUT2D eigenvalue weighted by molar-refractivity contribution is 0.122. The predicted molar refractivity (Wildman–Crippen MR) is 93.8 cm³/mol. The number of hydrogen-bond donors (Lipinski definition) is 1. The minimum atomic E-state index is 0.635. The number of hydrogen-bond acceptors (Lipinski definition) is 4. The molecule has 1 saturated carbocycles. The van der Waals surface area contributed by atoms with Crippen LogP contribution in [0.15, 0.2) is 0 Å². The topological polar surface area (TPSA) is 42.3 Å². The van der Waals surface area contributed by atoms with Gasteiger partial charge in [0.05, 0.1) is 18.9 Å². The van der Waals surface area contributed by atoms with E-state index in [0.29, 0.717) is 6.04 Å². The molecule has 1 N–H and O–H groups in total. The Balaban J connectivity index is 1.72. The molecule has 1 aliphatic carbocycles. The third-order valence-corrected chi connectivity index (χ3v) is 5.87. The van der Waals surface area contributed by atoms with Gasteiger partial charge in [0.15, 0.2) is 0 Å². The van der Waals surface area contributed by atoms with E-state index in [-0.39, 0.29) is 0 Å². The molecular weight excluding hydrogens is 288 g/mol. The van der Waals surface area contributed by atoms with Crippen LogP contribution in [0.5, 0.6) is 0 Å². The Bertz CT molecular complexity index is 521. The van der Waals surface area contributed by atoms with Crippen LogP contribution in [-0.2, 0) is 18.3 Å². The summed E-state index contributed by atoms with van der Waals surface area (Å²) in [6, 6.07) is 0.635. The van der Waals surface area contributed by atoms with Gasteiger partial charge in [-0.05, 0) is 25.2 Å². The zero-order chi connectivity index (χ0) is 16.4. The van der Waals surface area contributed by atoms with Crippen molar-refractivity contribution in [2.24, 2.45) is 18.9 Å². The minimum absolute atomic E-state index is 0.635. The Labute approximate surface area is 140 Å². The fourth-order valence-electron chi connectivity index (χ4n) is 4.17. The maximum absolute atomic E-state index is 5.50. The Hall–Kier alpha value is -1.07. The van der Waals surface area contributed by atoms with E-state index >= 15 is 0 Å². The Morgan fingerprint density at radius 1 is 1.22 bits per heavy atom. The zero-order valence-corrected chi connectivity index (χ0v) is 15.1. The van der Waals surface area contributed by atoms with E-state index in [1.807, 2.05) is 4.68 Å². The average molecular weight is 320 g/mol. The third-order valence-electron chi connectivity index (χ3n) is 5.87. The van der Waals surface area contributed by atoms with Crippen LogP contribution in [0.2, 0.25) is 0 Å². The van der Waals surface area contributed by atoms with Gasteiger partial charge in [-0.15, -0.1) is 0 Å². The predicted octanol–water partition coefficient (Wildman–Crippen LogP) is 2.48. The maximum atomic E-state index is 5.50. The molecule has 0 amide bonds. The van der Waals surface area contributed by atoms with Crippen LogP contribution in [0.4, 0.5) is 5.82 Å². The summed E-state index contributed by atoms with van der Waals surface area (Å²) >= 11 is 0. The molecule has 0 spiro atoms. The Kier molecular flexibility index (Phi) is 5.27. The maximum Gasteiger partial charge on any atom is 0.131 e. The lowest BCUT2D eigenvalue weighted by Crippen LogP contribution is -2.41. The second-order valence-corrected chi connectivity index (χ2v) is 7.37. The quantitative estimate of drug-likeness (QED) is 0.925. The molecule has 3 atom stereocenters. The zero-order valence-electron chi connectivity index (χ0n) is 15.1. The molecule has 0 unspecified atom stereocenters. The normalized spacial score (nSPS) is 29.0. The minimum Gasteiger partial charge on any atom is -0.378 e. The summed E-state index contributed by atoms with van der Waals surface area (Å²) in [5.41, 5.74) is 2.51. The van der Waals surface area contributed by atoms with Crippen molar-refractivity contribution in [3.8, 4) is 0 Å². The Morgan fingerprint density at radius 2 is 1.96 bits per heavy atom. The summed E-state index contributed by atoms with van der Waals surface area (Å²) in [4.78, 5) is 2.42. The van der Waals surface area contributed by atoms with Gasteiger partial charge < -0.3 is 15.0 Å². The standard InChI is InChI=1S/C18H32N4O/c1-13-6-5-7-17(14(13)2)19-12-16-15(3)20-21(4)18(16)22-8-10-23-11-9-22/h13-14,17,19H,5-12H2,1-4H3/t13-,14+,17-/m1/s1. The van der Waals surface area contributed by atoms with E-state index in [1.165, 1.54) is 30.6 Å². The lowest BCUT2D eigenvalue weighted by atomic mass is 9.78. The molecule has 1 aliphatic heterocycles. The van der Waals surface area contributed by atoms with Crippen molar-refractivity contribution in [2.75, 3.05) is 31.2 Å². The summed E-state index contributed by atoms with van der Waals surface area (Å²) < 4.78 is 7.55. The molecule has 130 valence electrons. The highest BCUT2D eigenvalue weighted by Crippen LogP contribution is 2.30. The van der Waals surface area contributed by atoms with Gasteiger partial charge in [0, 0.05) is 38.3 Å². The molecule has 2 fully saturated rings. The number of nitrogens with zero attached hydrogens (tertiary/aromatic N) is 3. The highest BCUT2D eigenvalue weighted by molar-refractivity contribution is 5.50. The number of anilines is 1. The van der Waals surface area contributed by atoms with E-state index in [4.69, 9.17) is 4.74 Å². The van der Waals surface area contributed by atoms with Crippen LogP contribution < -0.4 is 10.2 Å². The average Bonchev–Trinajstić information content (AvgIpc) is 2.83. The molecule has 1 aromatic rings. The van der Waals surface area contributed by atoms with Gasteiger partial charge in [-0.2, -0.15) is 5.10 Å². The van der Waals surface area contributed by atoms with E-state index in [9.17, 15) is 0 Å². The van der Waals surface area contributed by atoms with Gasteiger partial charge in [0.1, 0.15) is 5.82 Å². The van der Waals surface area contributed by atoms with Gasteiger partial charge in [-0.25, -0.2) is 0 Å². The van der Waals surface area contributed by atoms with Crippen molar-refractivity contribution in [3.63, 3.8) is 0 Å². The molecule has 2 aliphatic rings. The van der Waals surface area contributed by atoms with E-state index in [1.54, 1.807) is 0 Å². The lowest BCUT2D eigenvalue weighted by Gasteiger charge is -2.35. The SMILES string of the molecule is Cc1nn(C)c(N2CCOCC2)c1CN[C@@H]1CCC[C@@H](C)[C@@H]1C. The van der Waals surface area contributed by atoms with Crippen LogP contribution in [0.3, 0.4) is 0 Å². The van der Waals surface area contributed by atoms with E-state index in [2.05, 4.69) is 43.1 Å². The molecule has 1 saturated heterocycles. The summed E-state index contributed by atoms with van der Waals surface area (Å²) in [7, 11) is 2.06. The van der Waals surface area contributed by atoms with E-state index < -0.39 is 0 Å². The molecule has 0 aromatic carbocycles. The highest BCUT2D eigenvalue weighted by Gasteiger charge is 2.28. The molecule has 1 aromatic heterocycles. The fraction of sp³-hybridized carbons (Fsp3) is 0.833. The van der Waals surface area contributed by atoms with Crippen LogP contribution >= 0.6 is 0 Å². The van der Waals surface area contributed by atoms with Crippen LogP contribution in [0, 0.1) is 18.8 Å². The molecule has 2 heterocycles. The molecule has 5 heteroatoms. The fourth-order valence-corrected chi connectivity index (χ4v) is 4.17. The summed E-state index contributed by atoms with van der Waals surface area (Å²) in [6.45, 7) is 11.4. The number of aryl methyl sites for hydroxylation is 2. The van der Waals surface area contributed by atoms with Crippen LogP contribution in [-0.4, -0.2) is 42.1 Å². The van der Waals surface area contributed by atoms with Gasteiger partial charge >= 0.3 is 0 Å². The monoisotopic (exact) mass is 320 g/mol. The van der Waals surface area contributed by atoms with Crippen molar-refractivity contribution in [3.05, 3.63) is 11.3 Å². The van der Waals surface area contributed by atoms with E-state index in [0.717, 1.165) is 50.4 Å². The first-order valence-corrected chi connectivity index (χ1v) is 9.16. The number of morpholine rings is 1. The van der Waals surface area contributed by atoms with Gasteiger partial charge in [0.2, 0.25) is 0 Å². The molecule has 0 radical (unpaired) electrons. The smallest absolute Gasteiger partial charge is 0.131 e. The first-order chi connectivity index (χ1) is 11.1. The summed E-state index contributed by atoms with van der Waals surface area (Å²) in [6.07, 6.45) is 4.04. The molecule has 5 nitrogen and oxygen atoms in total. The number of aromatic nitrogens is 2. The van der Waals surface area contributed by atoms with Crippen molar-refractivity contribution < 1.29 is 4.74 Å². The van der Waals surface area contributed by atoms with Gasteiger partial charge in [0.25, 0.3) is 0 Å². The molecule has 0 bridgehead atoms. The van der Waals surface area contributed by atoms with Crippen LogP contribution in [0.1, 0.15) is 44.4 Å². The first kappa shape index (κ1) is 16.8. The van der Waals surface area contributed by atoms with Crippen LogP contribution in [0.25, 0.3) is 0 Å². The molecular formula is C18H32N4O. The van der Waals surface area contributed by atoms with Crippen molar-refractivity contribution in [1.82, 2.24) is 15.1 Å². The highest BCUT2D eigenvalue weighted by atomic mass is 16.5. The van der Waals surface area contributed by atoms with Gasteiger partial charge in [-0.1, -0.05) is 26.7 Å². The first-order valence-electron chi connectivity index (χ1n) is 9.16. The van der Waals surface area contributed by atoms with Gasteiger partial charge in [-0.3, -0.25) is 4.68 Å². The molecule has 23 heavy (non-hydrogen) atoms. The van der Waals surface area contributed by atoms with Crippen molar-refractivity contribution in [1.29, 1.82) is 0 Å². The largest absolute Gasteiger partial charge is 0.378 e. The number of ether oxygens (including phenoxy) is 1. The Morgan fingerprint density at radius 3 is 2.70 bits per heavy atom. The number of rotatable bonds is 4. The third kappa shape index (κ3) is 3.56. The summed E-state index contributed by atoms with van der Waals surface area (Å²) in [5.74, 6) is 2.86. The summed E-state index contributed by atoms with van der Waals surface area (Å²) in [5, 5.41) is 8.52. The molecule has 3 rings (SSSR count).